The smallest absolute Gasteiger partial charge is 0.267 e. The van der Waals surface area contributed by atoms with Crippen molar-refractivity contribution in [1.82, 2.24) is 10.1 Å². The van der Waals surface area contributed by atoms with Crippen molar-refractivity contribution in [3.05, 3.63) is 23.3 Å². The van der Waals surface area contributed by atoms with Gasteiger partial charge in [0, 0.05) is 6.42 Å². The normalized spacial score (nSPS) is 10.5. The van der Waals surface area contributed by atoms with Crippen LogP contribution in [0.3, 0.4) is 0 Å². The maximum atomic E-state index is 5.37. The summed E-state index contributed by atoms with van der Waals surface area (Å²) in [6, 6.07) is 3.90. The van der Waals surface area contributed by atoms with Crippen LogP contribution in [0.15, 0.2) is 22.0 Å². The monoisotopic (exact) mass is 195 g/mol. The van der Waals surface area contributed by atoms with E-state index in [0.29, 0.717) is 24.7 Å². The second kappa shape index (κ2) is 3.68. The van der Waals surface area contributed by atoms with Gasteiger partial charge in [-0.15, -0.1) is 11.3 Å². The van der Waals surface area contributed by atoms with E-state index in [0.717, 1.165) is 4.88 Å². The molecule has 0 fully saturated rings. The second-order valence-electron chi connectivity index (χ2n) is 2.53. The summed E-state index contributed by atoms with van der Waals surface area (Å²) in [4.78, 5) is 5.19. The second-order valence-corrected chi connectivity index (χ2v) is 3.48. The maximum Gasteiger partial charge on any atom is 0.267 e. The number of nitrogens with two attached hydrogens (primary N) is 1. The van der Waals surface area contributed by atoms with Gasteiger partial charge in [0.25, 0.3) is 5.89 Å². The van der Waals surface area contributed by atoms with E-state index < -0.39 is 0 Å². The molecule has 0 spiro atoms. The van der Waals surface area contributed by atoms with Crippen molar-refractivity contribution in [1.29, 1.82) is 0 Å². The van der Waals surface area contributed by atoms with Gasteiger partial charge in [-0.3, -0.25) is 0 Å². The first-order valence-electron chi connectivity index (χ1n) is 3.96. The van der Waals surface area contributed by atoms with Gasteiger partial charge in [-0.1, -0.05) is 11.2 Å². The molecule has 0 aliphatic heterocycles. The molecule has 0 aliphatic rings. The molecule has 0 amide bonds. The topological polar surface area (TPSA) is 64.9 Å². The Balaban J connectivity index is 2.23. The summed E-state index contributed by atoms with van der Waals surface area (Å²) in [6.07, 6.45) is 0.662. The van der Waals surface area contributed by atoms with Crippen LogP contribution in [0.2, 0.25) is 0 Å². The quantitative estimate of drug-likeness (QED) is 0.801. The summed E-state index contributed by atoms with van der Waals surface area (Å²) in [5.41, 5.74) is 5.37. The highest BCUT2D eigenvalue weighted by atomic mass is 32.1. The van der Waals surface area contributed by atoms with E-state index in [2.05, 4.69) is 10.1 Å². The summed E-state index contributed by atoms with van der Waals surface area (Å²) >= 11 is 1.58. The van der Waals surface area contributed by atoms with E-state index >= 15 is 0 Å². The molecule has 0 aromatic carbocycles. The molecule has 0 aliphatic carbocycles. The molecule has 0 radical (unpaired) electrons. The lowest BCUT2D eigenvalue weighted by atomic mass is 10.4. The van der Waals surface area contributed by atoms with Crippen molar-refractivity contribution in [2.45, 2.75) is 6.42 Å². The molecule has 0 unspecified atom stereocenters. The van der Waals surface area contributed by atoms with Crippen molar-refractivity contribution in [3.63, 3.8) is 0 Å². The van der Waals surface area contributed by atoms with Gasteiger partial charge in [0.1, 0.15) is 0 Å². The first-order valence-corrected chi connectivity index (χ1v) is 4.84. The predicted molar refractivity (Wildman–Crippen MR) is 50.4 cm³/mol. The molecule has 2 N–H and O–H groups in total. The van der Waals surface area contributed by atoms with Gasteiger partial charge in [0.15, 0.2) is 5.82 Å². The molecule has 68 valence electrons. The van der Waals surface area contributed by atoms with E-state index in [-0.39, 0.29) is 0 Å². The van der Waals surface area contributed by atoms with Crippen molar-refractivity contribution >= 4 is 11.3 Å². The summed E-state index contributed by atoms with van der Waals surface area (Å²) in [6.45, 7) is 0.545. The predicted octanol–water partition coefficient (Wildman–Crippen LogP) is 1.30. The zero-order valence-corrected chi connectivity index (χ0v) is 7.75. The van der Waals surface area contributed by atoms with Crippen molar-refractivity contribution < 1.29 is 4.52 Å². The van der Waals surface area contributed by atoms with Crippen molar-refractivity contribution in [2.24, 2.45) is 5.73 Å². The van der Waals surface area contributed by atoms with E-state index in [1.807, 2.05) is 17.5 Å². The van der Waals surface area contributed by atoms with E-state index in [4.69, 9.17) is 10.3 Å². The molecular formula is C8H9N3OS. The molecule has 2 aromatic rings. The van der Waals surface area contributed by atoms with E-state index in [1.54, 1.807) is 11.3 Å². The van der Waals surface area contributed by atoms with Crippen LogP contribution < -0.4 is 5.73 Å². The number of rotatable bonds is 3. The first-order chi connectivity index (χ1) is 6.40. The fourth-order valence-electron chi connectivity index (χ4n) is 0.985. The van der Waals surface area contributed by atoms with Crippen LogP contribution in [0.5, 0.6) is 0 Å². The summed E-state index contributed by atoms with van der Waals surface area (Å²) in [5.74, 6) is 1.25. The van der Waals surface area contributed by atoms with E-state index in [9.17, 15) is 0 Å². The first kappa shape index (κ1) is 8.40. The molecule has 4 nitrogen and oxygen atoms in total. The molecule has 2 aromatic heterocycles. The minimum absolute atomic E-state index is 0.545. The molecule has 0 bridgehead atoms. The Morgan fingerprint density at radius 3 is 3.15 bits per heavy atom. The third kappa shape index (κ3) is 1.76. The van der Waals surface area contributed by atoms with Crippen LogP contribution in [0.25, 0.3) is 10.8 Å². The van der Waals surface area contributed by atoms with Gasteiger partial charge < -0.3 is 10.3 Å². The van der Waals surface area contributed by atoms with Gasteiger partial charge in [-0.05, 0) is 18.0 Å². The minimum Gasteiger partial charge on any atom is -0.333 e. The zero-order chi connectivity index (χ0) is 9.10. The maximum absolute atomic E-state index is 5.37. The molecular weight excluding hydrogens is 186 g/mol. The van der Waals surface area contributed by atoms with Crippen LogP contribution in [0, 0.1) is 0 Å². The van der Waals surface area contributed by atoms with Crippen LogP contribution in [-0.4, -0.2) is 16.7 Å². The SMILES string of the molecule is NCCc1noc(-c2cccs2)n1. The van der Waals surface area contributed by atoms with Gasteiger partial charge >= 0.3 is 0 Å². The Bertz CT molecular complexity index is 368. The Morgan fingerprint density at radius 2 is 2.46 bits per heavy atom. The molecule has 0 saturated heterocycles. The molecule has 2 rings (SSSR count). The Labute approximate surface area is 79.4 Å². The number of aromatic nitrogens is 2. The third-order valence-corrected chi connectivity index (χ3v) is 2.43. The van der Waals surface area contributed by atoms with E-state index in [1.165, 1.54) is 0 Å². The number of nitrogens with zero attached hydrogens (tertiary/aromatic N) is 2. The number of hydrogen-bond donors (Lipinski definition) is 1. The number of hydrogen-bond acceptors (Lipinski definition) is 5. The Morgan fingerprint density at radius 1 is 1.54 bits per heavy atom. The van der Waals surface area contributed by atoms with Gasteiger partial charge in [-0.25, -0.2) is 0 Å². The lowest BCUT2D eigenvalue weighted by Crippen LogP contribution is -2.03. The molecule has 2 heterocycles. The average Bonchev–Trinajstić information content (AvgIpc) is 2.70. The third-order valence-electron chi connectivity index (χ3n) is 1.57. The van der Waals surface area contributed by atoms with Crippen molar-refractivity contribution in [3.8, 4) is 10.8 Å². The molecule has 5 heteroatoms. The number of thiophene rings is 1. The van der Waals surface area contributed by atoms with Gasteiger partial charge in [0.05, 0.1) is 4.88 Å². The standard InChI is InChI=1S/C8H9N3OS/c9-4-3-7-10-8(12-11-7)6-2-1-5-13-6/h1-2,5H,3-4,9H2. The average molecular weight is 195 g/mol. The highest BCUT2D eigenvalue weighted by molar-refractivity contribution is 7.13. The fraction of sp³-hybridized carbons (Fsp3) is 0.250. The van der Waals surface area contributed by atoms with Crippen molar-refractivity contribution in [2.75, 3.05) is 6.54 Å². The highest BCUT2D eigenvalue weighted by Gasteiger charge is 2.07. The molecule has 0 atom stereocenters. The largest absolute Gasteiger partial charge is 0.333 e. The molecule has 13 heavy (non-hydrogen) atoms. The minimum atomic E-state index is 0.545. The van der Waals surface area contributed by atoms with Gasteiger partial charge in [0.2, 0.25) is 0 Å². The van der Waals surface area contributed by atoms with Crippen LogP contribution in [-0.2, 0) is 6.42 Å². The van der Waals surface area contributed by atoms with Crippen LogP contribution in [0.4, 0.5) is 0 Å². The molecule has 0 saturated carbocycles. The summed E-state index contributed by atoms with van der Waals surface area (Å²) in [5, 5.41) is 5.78. The lowest BCUT2D eigenvalue weighted by molar-refractivity contribution is 0.423. The van der Waals surface area contributed by atoms with Gasteiger partial charge in [-0.2, -0.15) is 4.98 Å². The van der Waals surface area contributed by atoms with Crippen LogP contribution in [0.1, 0.15) is 5.82 Å². The van der Waals surface area contributed by atoms with Crippen LogP contribution >= 0.6 is 11.3 Å². The highest BCUT2D eigenvalue weighted by Crippen LogP contribution is 2.22. The zero-order valence-electron chi connectivity index (χ0n) is 6.93. The summed E-state index contributed by atoms with van der Waals surface area (Å²) < 4.78 is 5.06. The Kier molecular flexibility index (Phi) is 2.37. The lowest BCUT2D eigenvalue weighted by Gasteiger charge is -1.84. The Hall–Kier alpha value is -1.20. The fourth-order valence-corrected chi connectivity index (χ4v) is 1.63. The summed E-state index contributed by atoms with van der Waals surface area (Å²) in [7, 11) is 0.